The number of hydrogen-bond acceptors (Lipinski definition) is 4. The third-order valence-corrected chi connectivity index (χ3v) is 4.76. The molecule has 0 radical (unpaired) electrons. The van der Waals surface area contributed by atoms with Gasteiger partial charge in [0, 0.05) is 10.9 Å². The molecule has 1 heterocycles. The summed E-state index contributed by atoms with van der Waals surface area (Å²) < 4.78 is 5.54. The SMILES string of the molecule is Cc1ccc(OCC(=O)NCc2nc(-c3ccccc3)cs2)cc1C. The predicted octanol–water partition coefficient (Wildman–Crippen LogP) is 4.12. The van der Waals surface area contributed by atoms with Crippen LogP contribution < -0.4 is 10.1 Å². The number of amides is 1. The lowest BCUT2D eigenvalue weighted by Gasteiger charge is -2.08. The highest BCUT2D eigenvalue weighted by Crippen LogP contribution is 2.21. The number of carbonyl (C=O) groups excluding carboxylic acids is 1. The fourth-order valence-corrected chi connectivity index (χ4v) is 3.05. The van der Waals surface area contributed by atoms with Gasteiger partial charge in [-0.1, -0.05) is 36.4 Å². The molecule has 0 fully saturated rings. The Morgan fingerprint density at radius 2 is 1.92 bits per heavy atom. The summed E-state index contributed by atoms with van der Waals surface area (Å²) in [5, 5.41) is 5.72. The van der Waals surface area contributed by atoms with Gasteiger partial charge in [-0.05, 0) is 37.1 Å². The Hall–Kier alpha value is -2.66. The first-order chi connectivity index (χ1) is 12.1. The molecule has 128 valence electrons. The maximum Gasteiger partial charge on any atom is 0.258 e. The normalized spacial score (nSPS) is 10.5. The van der Waals surface area contributed by atoms with Gasteiger partial charge < -0.3 is 10.1 Å². The summed E-state index contributed by atoms with van der Waals surface area (Å²) in [6.07, 6.45) is 0. The zero-order valence-electron chi connectivity index (χ0n) is 14.3. The van der Waals surface area contributed by atoms with Crippen molar-refractivity contribution in [1.29, 1.82) is 0 Å². The summed E-state index contributed by atoms with van der Waals surface area (Å²) in [5.74, 6) is 0.550. The van der Waals surface area contributed by atoms with Gasteiger partial charge in [-0.15, -0.1) is 11.3 Å². The summed E-state index contributed by atoms with van der Waals surface area (Å²) in [6, 6.07) is 15.8. The van der Waals surface area contributed by atoms with Crippen molar-refractivity contribution in [3.05, 3.63) is 70.0 Å². The summed E-state index contributed by atoms with van der Waals surface area (Å²) in [7, 11) is 0. The summed E-state index contributed by atoms with van der Waals surface area (Å²) in [5.41, 5.74) is 4.36. The summed E-state index contributed by atoms with van der Waals surface area (Å²) >= 11 is 1.54. The molecule has 3 aromatic rings. The first kappa shape index (κ1) is 17.2. The molecule has 0 spiro atoms. The van der Waals surface area contributed by atoms with Crippen molar-refractivity contribution in [3.8, 4) is 17.0 Å². The molecule has 0 unspecified atom stereocenters. The fraction of sp³-hybridized carbons (Fsp3) is 0.200. The molecule has 2 aromatic carbocycles. The van der Waals surface area contributed by atoms with Gasteiger partial charge in [0.25, 0.3) is 5.91 Å². The van der Waals surface area contributed by atoms with E-state index in [2.05, 4.69) is 10.3 Å². The van der Waals surface area contributed by atoms with E-state index in [4.69, 9.17) is 4.74 Å². The van der Waals surface area contributed by atoms with Crippen LogP contribution in [-0.2, 0) is 11.3 Å². The van der Waals surface area contributed by atoms with Crippen molar-refractivity contribution < 1.29 is 9.53 Å². The first-order valence-electron chi connectivity index (χ1n) is 8.08. The lowest BCUT2D eigenvalue weighted by atomic mass is 10.1. The van der Waals surface area contributed by atoms with Crippen molar-refractivity contribution in [2.45, 2.75) is 20.4 Å². The quantitative estimate of drug-likeness (QED) is 0.726. The zero-order chi connectivity index (χ0) is 17.6. The average molecular weight is 352 g/mol. The second-order valence-electron chi connectivity index (χ2n) is 5.80. The summed E-state index contributed by atoms with van der Waals surface area (Å²) in [6.45, 7) is 4.48. The lowest BCUT2D eigenvalue weighted by molar-refractivity contribution is -0.123. The number of nitrogens with one attached hydrogen (secondary N) is 1. The maximum absolute atomic E-state index is 12.0. The molecule has 3 rings (SSSR count). The minimum Gasteiger partial charge on any atom is -0.484 e. The highest BCUT2D eigenvalue weighted by molar-refractivity contribution is 7.09. The maximum atomic E-state index is 12.0. The van der Waals surface area contributed by atoms with Crippen LogP contribution in [0.2, 0.25) is 0 Å². The smallest absolute Gasteiger partial charge is 0.258 e. The second-order valence-corrected chi connectivity index (χ2v) is 6.75. The number of aryl methyl sites for hydroxylation is 2. The molecule has 0 bridgehead atoms. The van der Waals surface area contributed by atoms with Crippen molar-refractivity contribution in [2.24, 2.45) is 0 Å². The van der Waals surface area contributed by atoms with Crippen molar-refractivity contribution in [3.63, 3.8) is 0 Å². The fourth-order valence-electron chi connectivity index (χ4n) is 2.31. The van der Waals surface area contributed by atoms with Gasteiger partial charge in [-0.25, -0.2) is 4.98 Å². The number of carbonyl (C=O) groups is 1. The Balaban J connectivity index is 1.49. The van der Waals surface area contributed by atoms with Gasteiger partial charge >= 0.3 is 0 Å². The van der Waals surface area contributed by atoms with Crippen LogP contribution >= 0.6 is 11.3 Å². The van der Waals surface area contributed by atoms with E-state index in [1.165, 1.54) is 16.9 Å². The molecule has 0 saturated carbocycles. The topological polar surface area (TPSA) is 51.2 Å². The highest BCUT2D eigenvalue weighted by Gasteiger charge is 2.07. The van der Waals surface area contributed by atoms with E-state index in [-0.39, 0.29) is 12.5 Å². The van der Waals surface area contributed by atoms with E-state index >= 15 is 0 Å². The van der Waals surface area contributed by atoms with Crippen molar-refractivity contribution in [1.82, 2.24) is 10.3 Å². The van der Waals surface area contributed by atoms with Crippen LogP contribution in [-0.4, -0.2) is 17.5 Å². The van der Waals surface area contributed by atoms with E-state index < -0.39 is 0 Å². The van der Waals surface area contributed by atoms with E-state index in [9.17, 15) is 4.79 Å². The molecule has 0 atom stereocenters. The zero-order valence-corrected chi connectivity index (χ0v) is 15.1. The number of hydrogen-bond donors (Lipinski definition) is 1. The van der Waals surface area contributed by atoms with Gasteiger partial charge in [0.05, 0.1) is 12.2 Å². The van der Waals surface area contributed by atoms with Gasteiger partial charge in [-0.3, -0.25) is 4.79 Å². The Labute approximate surface area is 151 Å². The van der Waals surface area contributed by atoms with E-state index in [0.717, 1.165) is 21.8 Å². The number of nitrogens with zero attached hydrogens (tertiary/aromatic N) is 1. The third kappa shape index (κ3) is 4.67. The molecule has 0 saturated heterocycles. The third-order valence-electron chi connectivity index (χ3n) is 3.91. The number of rotatable bonds is 6. The van der Waals surface area contributed by atoms with Crippen LogP contribution in [0.25, 0.3) is 11.3 Å². The van der Waals surface area contributed by atoms with E-state index in [1.54, 1.807) is 0 Å². The lowest BCUT2D eigenvalue weighted by Crippen LogP contribution is -2.28. The van der Waals surface area contributed by atoms with Gasteiger partial charge in [0.2, 0.25) is 0 Å². The van der Waals surface area contributed by atoms with Crippen LogP contribution in [0, 0.1) is 13.8 Å². The molecular formula is C20H20N2O2S. The molecule has 25 heavy (non-hydrogen) atoms. The molecule has 0 aliphatic carbocycles. The molecule has 0 aliphatic rings. The van der Waals surface area contributed by atoms with Crippen LogP contribution in [0.5, 0.6) is 5.75 Å². The Morgan fingerprint density at radius 1 is 1.12 bits per heavy atom. The van der Waals surface area contributed by atoms with Crippen LogP contribution in [0.1, 0.15) is 16.1 Å². The minimum atomic E-state index is -0.158. The Kier molecular flexibility index (Phi) is 5.46. The van der Waals surface area contributed by atoms with Crippen molar-refractivity contribution >= 4 is 17.2 Å². The number of benzene rings is 2. The number of ether oxygens (including phenoxy) is 1. The summed E-state index contributed by atoms with van der Waals surface area (Å²) in [4.78, 5) is 16.5. The van der Waals surface area contributed by atoms with Gasteiger partial charge in [-0.2, -0.15) is 0 Å². The number of aromatic nitrogens is 1. The van der Waals surface area contributed by atoms with E-state index in [0.29, 0.717) is 12.3 Å². The molecule has 0 aliphatic heterocycles. The molecule has 1 amide bonds. The molecular weight excluding hydrogens is 332 g/mol. The average Bonchev–Trinajstić information content (AvgIpc) is 3.11. The molecule has 5 heteroatoms. The van der Waals surface area contributed by atoms with Crippen LogP contribution in [0.15, 0.2) is 53.9 Å². The minimum absolute atomic E-state index is 0.000577. The predicted molar refractivity (Wildman–Crippen MR) is 101 cm³/mol. The second kappa shape index (κ2) is 7.94. The molecule has 1 N–H and O–H groups in total. The number of thiazole rings is 1. The van der Waals surface area contributed by atoms with Gasteiger partial charge in [0.15, 0.2) is 6.61 Å². The Bertz CT molecular complexity index is 859. The van der Waals surface area contributed by atoms with Crippen molar-refractivity contribution in [2.75, 3.05) is 6.61 Å². The first-order valence-corrected chi connectivity index (χ1v) is 8.96. The monoisotopic (exact) mass is 352 g/mol. The molecule has 4 nitrogen and oxygen atoms in total. The van der Waals surface area contributed by atoms with E-state index in [1.807, 2.05) is 67.8 Å². The van der Waals surface area contributed by atoms with Crippen LogP contribution in [0.3, 0.4) is 0 Å². The van der Waals surface area contributed by atoms with Crippen LogP contribution in [0.4, 0.5) is 0 Å². The van der Waals surface area contributed by atoms with Gasteiger partial charge in [0.1, 0.15) is 10.8 Å². The molecule has 1 aromatic heterocycles. The largest absolute Gasteiger partial charge is 0.484 e. The Morgan fingerprint density at radius 3 is 2.68 bits per heavy atom. The highest BCUT2D eigenvalue weighted by atomic mass is 32.1. The standard InChI is InChI=1S/C20H20N2O2S/c1-14-8-9-17(10-15(14)2)24-12-19(23)21-11-20-22-18(13-25-20)16-6-4-3-5-7-16/h3-10,13H,11-12H2,1-2H3,(H,21,23).